The van der Waals surface area contributed by atoms with Gasteiger partial charge < -0.3 is 4.74 Å². The van der Waals surface area contributed by atoms with E-state index in [1.54, 1.807) is 0 Å². The van der Waals surface area contributed by atoms with Gasteiger partial charge in [-0.15, -0.1) is 0 Å². The van der Waals surface area contributed by atoms with E-state index < -0.39 is 0 Å². The second kappa shape index (κ2) is 2.91. The highest BCUT2D eigenvalue weighted by Crippen LogP contribution is 2.34. The Labute approximate surface area is 73.4 Å². The Morgan fingerprint density at radius 3 is 2.50 bits per heavy atom. The molecule has 1 heterocycles. The topological polar surface area (TPSA) is 12.5 Å². The summed E-state index contributed by atoms with van der Waals surface area (Å²) in [6.07, 6.45) is 2.20. The summed E-state index contributed by atoms with van der Waals surface area (Å²) < 4.78 is 5.45. The van der Waals surface area contributed by atoms with Crippen LogP contribution in [0.3, 0.4) is 0 Å². The average Bonchev–Trinajstić information content (AvgIpc) is 2.88. The smallest absolute Gasteiger partial charge is 0.0954 e. The molecule has 1 fully saturated rings. The van der Waals surface area contributed by atoms with E-state index in [0.717, 1.165) is 19.4 Å². The second-order valence-electron chi connectivity index (χ2n) is 3.49. The Kier molecular flexibility index (Phi) is 1.89. The minimum absolute atomic E-state index is 0.196. The van der Waals surface area contributed by atoms with E-state index in [0.29, 0.717) is 0 Å². The summed E-state index contributed by atoms with van der Waals surface area (Å²) in [4.78, 5) is 0. The summed E-state index contributed by atoms with van der Waals surface area (Å²) in [5.74, 6) is 0. The highest BCUT2D eigenvalue weighted by atomic mass is 16.6. The summed E-state index contributed by atoms with van der Waals surface area (Å²) in [5, 5.41) is 0. The predicted molar refractivity (Wildman–Crippen MR) is 49.1 cm³/mol. The average molecular weight is 162 g/mol. The van der Waals surface area contributed by atoms with Crippen molar-refractivity contribution in [2.75, 3.05) is 6.61 Å². The molecule has 0 spiro atoms. The van der Waals surface area contributed by atoms with E-state index >= 15 is 0 Å². The fraction of sp³-hybridized carbons (Fsp3) is 0.455. The van der Waals surface area contributed by atoms with Crippen LogP contribution in [-0.4, -0.2) is 12.2 Å². The molecule has 64 valence electrons. The number of ether oxygens (including phenoxy) is 1. The summed E-state index contributed by atoms with van der Waals surface area (Å²) in [7, 11) is 0. The maximum atomic E-state index is 5.45. The van der Waals surface area contributed by atoms with Gasteiger partial charge in [0.15, 0.2) is 0 Å². The van der Waals surface area contributed by atoms with Crippen molar-refractivity contribution >= 4 is 0 Å². The second-order valence-corrected chi connectivity index (χ2v) is 3.49. The van der Waals surface area contributed by atoms with Crippen molar-refractivity contribution in [1.82, 2.24) is 0 Å². The normalized spacial score (nSPS) is 27.1. The zero-order valence-corrected chi connectivity index (χ0v) is 7.42. The molecule has 0 N–H and O–H groups in total. The third kappa shape index (κ3) is 1.51. The molecular weight excluding hydrogens is 148 g/mol. The first kappa shape index (κ1) is 7.81. The Balaban J connectivity index is 2.04. The van der Waals surface area contributed by atoms with Gasteiger partial charge in [0.1, 0.15) is 0 Å². The zero-order chi connectivity index (χ0) is 8.44. The largest absolute Gasteiger partial charge is 0.369 e. The first-order valence-corrected chi connectivity index (χ1v) is 4.52. The van der Waals surface area contributed by atoms with Crippen molar-refractivity contribution in [3.05, 3.63) is 35.9 Å². The summed E-state index contributed by atoms with van der Waals surface area (Å²) in [6.45, 7) is 3.13. The summed E-state index contributed by atoms with van der Waals surface area (Å²) >= 11 is 0. The fourth-order valence-electron chi connectivity index (χ4n) is 1.50. The van der Waals surface area contributed by atoms with Crippen molar-refractivity contribution in [3.8, 4) is 0 Å². The summed E-state index contributed by atoms with van der Waals surface area (Å²) in [6, 6.07) is 10.6. The molecule has 1 aliphatic rings. The van der Waals surface area contributed by atoms with Crippen LogP contribution in [0.2, 0.25) is 0 Å². The SMILES string of the molecule is CCC1(Cc2ccccc2)CO1. The van der Waals surface area contributed by atoms with Gasteiger partial charge in [0.05, 0.1) is 12.2 Å². The molecule has 0 amide bonds. The third-order valence-electron chi connectivity index (χ3n) is 2.57. The molecule has 1 aromatic carbocycles. The van der Waals surface area contributed by atoms with Crippen LogP contribution in [0.4, 0.5) is 0 Å². The molecule has 0 bridgehead atoms. The number of hydrogen-bond acceptors (Lipinski definition) is 1. The lowest BCUT2D eigenvalue weighted by atomic mass is 9.98. The van der Waals surface area contributed by atoms with Crippen molar-refractivity contribution in [2.24, 2.45) is 0 Å². The van der Waals surface area contributed by atoms with Gasteiger partial charge in [-0.25, -0.2) is 0 Å². The molecule has 1 atom stereocenters. The minimum atomic E-state index is 0.196. The molecule has 0 aromatic heterocycles. The zero-order valence-electron chi connectivity index (χ0n) is 7.42. The Hall–Kier alpha value is -0.820. The van der Waals surface area contributed by atoms with Gasteiger partial charge in [0, 0.05) is 6.42 Å². The van der Waals surface area contributed by atoms with Crippen LogP contribution < -0.4 is 0 Å². The minimum Gasteiger partial charge on any atom is -0.369 e. The number of hydrogen-bond donors (Lipinski definition) is 0. The van der Waals surface area contributed by atoms with Gasteiger partial charge in [0.2, 0.25) is 0 Å². The maximum Gasteiger partial charge on any atom is 0.0954 e. The van der Waals surface area contributed by atoms with Crippen molar-refractivity contribution < 1.29 is 4.74 Å². The van der Waals surface area contributed by atoms with Crippen LogP contribution in [0.15, 0.2) is 30.3 Å². The molecule has 1 nitrogen and oxygen atoms in total. The Morgan fingerprint density at radius 1 is 1.33 bits per heavy atom. The van der Waals surface area contributed by atoms with Crippen LogP contribution in [0.25, 0.3) is 0 Å². The molecule has 1 aromatic rings. The molecule has 0 aliphatic carbocycles. The van der Waals surface area contributed by atoms with E-state index in [4.69, 9.17) is 4.74 Å². The first-order valence-electron chi connectivity index (χ1n) is 4.52. The molecule has 2 rings (SSSR count). The van der Waals surface area contributed by atoms with Gasteiger partial charge in [0.25, 0.3) is 0 Å². The molecule has 0 saturated carbocycles. The molecule has 1 aliphatic heterocycles. The van der Waals surface area contributed by atoms with E-state index in [1.165, 1.54) is 5.56 Å². The van der Waals surface area contributed by atoms with E-state index in [9.17, 15) is 0 Å². The van der Waals surface area contributed by atoms with Crippen molar-refractivity contribution in [1.29, 1.82) is 0 Å². The highest BCUT2D eigenvalue weighted by molar-refractivity contribution is 5.18. The lowest BCUT2D eigenvalue weighted by Gasteiger charge is -2.07. The van der Waals surface area contributed by atoms with Gasteiger partial charge in [-0.3, -0.25) is 0 Å². The fourth-order valence-corrected chi connectivity index (χ4v) is 1.50. The first-order chi connectivity index (χ1) is 5.85. The third-order valence-corrected chi connectivity index (χ3v) is 2.57. The standard InChI is InChI=1S/C11H14O/c1-2-11(9-12-11)8-10-6-4-3-5-7-10/h3-7H,2,8-9H2,1H3. The monoisotopic (exact) mass is 162 g/mol. The molecule has 1 unspecified atom stereocenters. The number of rotatable bonds is 3. The van der Waals surface area contributed by atoms with E-state index in [-0.39, 0.29) is 5.60 Å². The number of epoxide rings is 1. The van der Waals surface area contributed by atoms with E-state index in [2.05, 4.69) is 37.3 Å². The predicted octanol–water partition coefficient (Wildman–Crippen LogP) is 2.41. The van der Waals surface area contributed by atoms with Gasteiger partial charge in [-0.05, 0) is 12.0 Å². The van der Waals surface area contributed by atoms with Gasteiger partial charge >= 0.3 is 0 Å². The lowest BCUT2D eigenvalue weighted by Crippen LogP contribution is -2.12. The highest BCUT2D eigenvalue weighted by Gasteiger charge is 2.42. The van der Waals surface area contributed by atoms with E-state index in [1.807, 2.05) is 0 Å². The van der Waals surface area contributed by atoms with Gasteiger partial charge in [-0.2, -0.15) is 0 Å². The molecular formula is C11H14O. The lowest BCUT2D eigenvalue weighted by molar-refractivity contribution is 0.294. The summed E-state index contributed by atoms with van der Waals surface area (Å²) in [5.41, 5.74) is 1.58. The van der Waals surface area contributed by atoms with Gasteiger partial charge in [-0.1, -0.05) is 37.3 Å². The quantitative estimate of drug-likeness (QED) is 0.622. The Morgan fingerprint density at radius 2 is 2.00 bits per heavy atom. The van der Waals surface area contributed by atoms with Crippen LogP contribution in [0.1, 0.15) is 18.9 Å². The van der Waals surface area contributed by atoms with Crippen LogP contribution in [-0.2, 0) is 11.2 Å². The van der Waals surface area contributed by atoms with Crippen LogP contribution in [0, 0.1) is 0 Å². The van der Waals surface area contributed by atoms with Crippen molar-refractivity contribution in [3.63, 3.8) is 0 Å². The van der Waals surface area contributed by atoms with Crippen LogP contribution in [0.5, 0.6) is 0 Å². The van der Waals surface area contributed by atoms with Crippen molar-refractivity contribution in [2.45, 2.75) is 25.4 Å². The maximum absolute atomic E-state index is 5.45. The van der Waals surface area contributed by atoms with Crippen LogP contribution >= 0.6 is 0 Å². The number of benzene rings is 1. The Bertz CT molecular complexity index is 249. The molecule has 1 heteroatoms. The molecule has 0 radical (unpaired) electrons. The molecule has 12 heavy (non-hydrogen) atoms. The molecule has 1 saturated heterocycles.